The van der Waals surface area contributed by atoms with E-state index in [1.165, 1.54) is 11.1 Å². The Labute approximate surface area is 96.3 Å². The SMILES string of the molecule is CCc1ccc2c(c1)OC1(C=C2)CCNC1. The molecule has 3 rings (SSSR count). The molecule has 0 radical (unpaired) electrons. The maximum atomic E-state index is 6.17. The van der Waals surface area contributed by atoms with Gasteiger partial charge in [0.05, 0.1) is 0 Å². The van der Waals surface area contributed by atoms with Gasteiger partial charge in [0.15, 0.2) is 0 Å². The average Bonchev–Trinajstić information content (AvgIpc) is 2.76. The first-order valence-corrected chi connectivity index (χ1v) is 6.03. The summed E-state index contributed by atoms with van der Waals surface area (Å²) in [6.45, 7) is 4.15. The summed E-state index contributed by atoms with van der Waals surface area (Å²) in [5.74, 6) is 1.05. The van der Waals surface area contributed by atoms with Crippen LogP contribution in [0.2, 0.25) is 0 Å². The minimum absolute atomic E-state index is 0.0840. The van der Waals surface area contributed by atoms with Crippen LogP contribution >= 0.6 is 0 Å². The van der Waals surface area contributed by atoms with Gasteiger partial charge in [0.2, 0.25) is 0 Å². The van der Waals surface area contributed by atoms with Crippen LogP contribution in [-0.2, 0) is 6.42 Å². The average molecular weight is 215 g/mol. The minimum atomic E-state index is -0.0840. The van der Waals surface area contributed by atoms with Crippen molar-refractivity contribution in [1.29, 1.82) is 0 Å². The smallest absolute Gasteiger partial charge is 0.141 e. The number of ether oxygens (including phenoxy) is 1. The van der Waals surface area contributed by atoms with Crippen molar-refractivity contribution in [3.63, 3.8) is 0 Å². The molecule has 1 fully saturated rings. The number of fused-ring (bicyclic) bond motifs is 1. The minimum Gasteiger partial charge on any atom is -0.481 e. The molecule has 84 valence electrons. The summed E-state index contributed by atoms with van der Waals surface area (Å²) in [7, 11) is 0. The molecule has 2 heterocycles. The monoisotopic (exact) mass is 215 g/mol. The van der Waals surface area contributed by atoms with E-state index < -0.39 is 0 Å². The Balaban J connectivity index is 1.97. The van der Waals surface area contributed by atoms with Crippen LogP contribution in [0.1, 0.15) is 24.5 Å². The molecule has 2 aliphatic rings. The van der Waals surface area contributed by atoms with E-state index in [0.717, 1.165) is 31.7 Å². The van der Waals surface area contributed by atoms with Crippen molar-refractivity contribution in [1.82, 2.24) is 5.32 Å². The van der Waals surface area contributed by atoms with E-state index in [9.17, 15) is 0 Å². The number of hydrogen-bond donors (Lipinski definition) is 1. The second-order valence-corrected chi connectivity index (χ2v) is 4.65. The molecule has 1 saturated heterocycles. The van der Waals surface area contributed by atoms with Crippen LogP contribution in [0.25, 0.3) is 6.08 Å². The van der Waals surface area contributed by atoms with E-state index in [2.05, 4.69) is 42.6 Å². The van der Waals surface area contributed by atoms with Crippen molar-refractivity contribution < 1.29 is 4.74 Å². The lowest BCUT2D eigenvalue weighted by Crippen LogP contribution is -2.37. The highest BCUT2D eigenvalue weighted by atomic mass is 16.5. The second kappa shape index (κ2) is 3.63. The van der Waals surface area contributed by atoms with Crippen molar-refractivity contribution in [3.8, 4) is 5.75 Å². The predicted octanol–water partition coefficient (Wildman–Crippen LogP) is 2.39. The van der Waals surface area contributed by atoms with Crippen LogP contribution in [0, 0.1) is 0 Å². The van der Waals surface area contributed by atoms with Crippen LogP contribution < -0.4 is 10.1 Å². The summed E-state index contributed by atoms with van der Waals surface area (Å²) in [5.41, 5.74) is 2.46. The molecule has 0 amide bonds. The lowest BCUT2D eigenvalue weighted by molar-refractivity contribution is 0.139. The zero-order valence-corrected chi connectivity index (χ0v) is 9.62. The number of rotatable bonds is 1. The highest BCUT2D eigenvalue weighted by Gasteiger charge is 2.35. The van der Waals surface area contributed by atoms with Gasteiger partial charge < -0.3 is 10.1 Å². The third-order valence-electron chi connectivity index (χ3n) is 3.52. The molecule has 0 bridgehead atoms. The second-order valence-electron chi connectivity index (χ2n) is 4.65. The maximum absolute atomic E-state index is 6.17. The Morgan fingerprint density at radius 2 is 2.38 bits per heavy atom. The Kier molecular flexibility index (Phi) is 2.25. The van der Waals surface area contributed by atoms with Gasteiger partial charge in [0, 0.05) is 18.5 Å². The molecular formula is C14H17NO. The Bertz CT molecular complexity index is 430. The van der Waals surface area contributed by atoms with Crippen LogP contribution in [0.15, 0.2) is 24.3 Å². The molecule has 1 spiro atoms. The molecule has 1 aromatic carbocycles. The largest absolute Gasteiger partial charge is 0.481 e. The third-order valence-corrected chi connectivity index (χ3v) is 3.52. The molecule has 16 heavy (non-hydrogen) atoms. The van der Waals surface area contributed by atoms with E-state index in [4.69, 9.17) is 4.74 Å². The lowest BCUT2D eigenvalue weighted by atomic mass is 9.96. The van der Waals surface area contributed by atoms with Gasteiger partial charge in [-0.1, -0.05) is 25.1 Å². The van der Waals surface area contributed by atoms with Gasteiger partial charge in [0.25, 0.3) is 0 Å². The van der Waals surface area contributed by atoms with E-state index in [0.29, 0.717) is 0 Å². The summed E-state index contributed by atoms with van der Waals surface area (Å²) in [4.78, 5) is 0. The molecule has 0 aromatic heterocycles. The highest BCUT2D eigenvalue weighted by Crippen LogP contribution is 2.34. The van der Waals surface area contributed by atoms with Gasteiger partial charge in [-0.2, -0.15) is 0 Å². The van der Waals surface area contributed by atoms with Gasteiger partial charge in [-0.05, 0) is 30.7 Å². The van der Waals surface area contributed by atoms with Crippen LogP contribution in [-0.4, -0.2) is 18.7 Å². The zero-order valence-electron chi connectivity index (χ0n) is 9.62. The standard InChI is InChI=1S/C14H17NO/c1-2-11-3-4-12-5-6-14(7-8-15-10-14)16-13(12)9-11/h3-6,9,15H,2,7-8,10H2,1H3. The molecule has 2 nitrogen and oxygen atoms in total. The van der Waals surface area contributed by atoms with E-state index in [1.54, 1.807) is 0 Å². The van der Waals surface area contributed by atoms with E-state index in [1.807, 2.05) is 0 Å². The molecule has 2 aliphatic heterocycles. The zero-order chi connectivity index (χ0) is 11.0. The number of nitrogens with one attached hydrogen (secondary N) is 1. The fourth-order valence-corrected chi connectivity index (χ4v) is 2.44. The molecule has 0 saturated carbocycles. The summed E-state index contributed by atoms with van der Waals surface area (Å²) in [6.07, 6.45) is 6.54. The normalized spacial score (nSPS) is 26.8. The van der Waals surface area contributed by atoms with Gasteiger partial charge in [-0.3, -0.25) is 0 Å². The first kappa shape index (κ1) is 9.91. The van der Waals surface area contributed by atoms with Crippen LogP contribution in [0.4, 0.5) is 0 Å². The Morgan fingerprint density at radius 3 is 3.12 bits per heavy atom. The first-order valence-electron chi connectivity index (χ1n) is 6.03. The Morgan fingerprint density at radius 1 is 1.44 bits per heavy atom. The molecule has 1 unspecified atom stereocenters. The predicted molar refractivity (Wildman–Crippen MR) is 65.7 cm³/mol. The molecule has 0 aliphatic carbocycles. The fourth-order valence-electron chi connectivity index (χ4n) is 2.44. The molecule has 1 aromatic rings. The number of hydrogen-bond acceptors (Lipinski definition) is 2. The first-order chi connectivity index (χ1) is 7.81. The topological polar surface area (TPSA) is 21.3 Å². The molecule has 1 N–H and O–H groups in total. The highest BCUT2D eigenvalue weighted by molar-refractivity contribution is 5.62. The van der Waals surface area contributed by atoms with Crippen LogP contribution in [0.5, 0.6) is 5.75 Å². The number of benzene rings is 1. The Hall–Kier alpha value is -1.28. The van der Waals surface area contributed by atoms with Crippen molar-refractivity contribution in [2.24, 2.45) is 0 Å². The van der Waals surface area contributed by atoms with Gasteiger partial charge in [-0.25, -0.2) is 0 Å². The van der Waals surface area contributed by atoms with Gasteiger partial charge in [0.1, 0.15) is 11.4 Å². The van der Waals surface area contributed by atoms with Crippen molar-refractivity contribution in [2.45, 2.75) is 25.4 Å². The summed E-state index contributed by atoms with van der Waals surface area (Å²) < 4.78 is 6.17. The lowest BCUT2D eigenvalue weighted by Gasteiger charge is -2.30. The third kappa shape index (κ3) is 1.54. The number of aryl methyl sites for hydroxylation is 1. The summed E-state index contributed by atoms with van der Waals surface area (Å²) in [5, 5.41) is 3.37. The molecule has 1 atom stereocenters. The van der Waals surface area contributed by atoms with Crippen molar-refractivity contribution in [3.05, 3.63) is 35.4 Å². The van der Waals surface area contributed by atoms with Crippen molar-refractivity contribution in [2.75, 3.05) is 13.1 Å². The molecular weight excluding hydrogens is 198 g/mol. The maximum Gasteiger partial charge on any atom is 0.141 e. The van der Waals surface area contributed by atoms with E-state index in [-0.39, 0.29) is 5.60 Å². The summed E-state index contributed by atoms with van der Waals surface area (Å²) >= 11 is 0. The van der Waals surface area contributed by atoms with Gasteiger partial charge >= 0.3 is 0 Å². The quantitative estimate of drug-likeness (QED) is 0.776. The summed E-state index contributed by atoms with van der Waals surface area (Å²) in [6, 6.07) is 6.51. The molecule has 2 heteroatoms. The van der Waals surface area contributed by atoms with Crippen molar-refractivity contribution >= 4 is 6.08 Å². The van der Waals surface area contributed by atoms with E-state index >= 15 is 0 Å². The van der Waals surface area contributed by atoms with Gasteiger partial charge in [-0.15, -0.1) is 0 Å². The van der Waals surface area contributed by atoms with Crippen LogP contribution in [0.3, 0.4) is 0 Å². The fraction of sp³-hybridized carbons (Fsp3) is 0.429.